The summed E-state index contributed by atoms with van der Waals surface area (Å²) in [4.78, 5) is 33.2. The highest BCUT2D eigenvalue weighted by atomic mass is 35.5. The van der Waals surface area contributed by atoms with Crippen LogP contribution in [0.4, 0.5) is 0 Å². The summed E-state index contributed by atoms with van der Waals surface area (Å²) >= 11 is 13.3. The molecular weight excluding hydrogens is 433 g/mol. The Hall–Kier alpha value is -1.93. The first-order chi connectivity index (χ1) is 13.9. The number of fused-ring (bicyclic) bond motifs is 1. The van der Waals surface area contributed by atoms with E-state index in [2.05, 4.69) is 9.88 Å². The Labute approximate surface area is 181 Å². The Bertz CT molecular complexity index is 1140. The summed E-state index contributed by atoms with van der Waals surface area (Å²) in [6.45, 7) is 2.83. The number of thiazole rings is 1. The third kappa shape index (κ3) is 4.33. The Balaban J connectivity index is 1.55. The smallest absolute Gasteiger partial charge is 0.301 e. The zero-order chi connectivity index (χ0) is 20.5. The molecule has 0 aliphatic carbocycles. The molecule has 0 saturated carbocycles. The molecule has 0 amide bonds. The molecule has 29 heavy (non-hydrogen) atoms. The molecule has 1 saturated heterocycles. The number of Topliss-reactive ketones (excluding diaryl/α,β-unsaturated/α-hetero) is 1. The molecule has 9 heteroatoms. The lowest BCUT2D eigenvalue weighted by Gasteiger charge is -2.11. The predicted molar refractivity (Wildman–Crippen MR) is 115 cm³/mol. The maximum absolute atomic E-state index is 12.6. The monoisotopic (exact) mass is 451 g/mol. The van der Waals surface area contributed by atoms with Gasteiger partial charge in [0.1, 0.15) is 0 Å². The van der Waals surface area contributed by atoms with E-state index in [1.54, 1.807) is 24.4 Å². The first-order valence-electron chi connectivity index (χ1n) is 9.36. The van der Waals surface area contributed by atoms with Gasteiger partial charge in [-0.05, 0) is 50.0 Å². The van der Waals surface area contributed by atoms with Gasteiger partial charge in [0.25, 0.3) is 0 Å². The van der Waals surface area contributed by atoms with Crippen molar-refractivity contribution in [3.05, 3.63) is 60.9 Å². The van der Waals surface area contributed by atoms with Crippen molar-refractivity contribution in [2.45, 2.75) is 32.2 Å². The zero-order valence-corrected chi connectivity index (χ0v) is 17.9. The lowest BCUT2D eigenvalue weighted by Crippen LogP contribution is -2.18. The molecule has 2 aromatic heterocycles. The zero-order valence-electron chi connectivity index (χ0n) is 15.5. The Morgan fingerprint density at radius 1 is 1.21 bits per heavy atom. The van der Waals surface area contributed by atoms with E-state index in [0.717, 1.165) is 30.1 Å². The highest BCUT2D eigenvalue weighted by Crippen LogP contribution is 2.25. The van der Waals surface area contributed by atoms with Crippen LogP contribution < -0.4 is 5.56 Å². The van der Waals surface area contributed by atoms with Crippen LogP contribution in [-0.4, -0.2) is 38.3 Å². The van der Waals surface area contributed by atoms with Gasteiger partial charge in [-0.2, -0.15) is 0 Å². The topological polar surface area (TPSA) is 74.9 Å². The summed E-state index contributed by atoms with van der Waals surface area (Å²) in [7, 11) is 0. The molecular formula is C20H19Cl2N3O3S. The van der Waals surface area contributed by atoms with Crippen molar-refractivity contribution in [1.29, 1.82) is 0 Å². The van der Waals surface area contributed by atoms with E-state index in [1.807, 2.05) is 0 Å². The van der Waals surface area contributed by atoms with Crippen molar-refractivity contribution in [2.24, 2.45) is 0 Å². The van der Waals surface area contributed by atoms with Gasteiger partial charge in [0.15, 0.2) is 16.4 Å². The average molecular weight is 452 g/mol. The van der Waals surface area contributed by atoms with Crippen LogP contribution in [-0.2, 0) is 13.0 Å². The molecule has 1 aliphatic rings. The summed E-state index contributed by atoms with van der Waals surface area (Å²) in [5, 5.41) is 11.1. The van der Waals surface area contributed by atoms with Crippen LogP contribution in [0.1, 0.15) is 40.2 Å². The molecule has 3 heterocycles. The average Bonchev–Trinajstić information content (AvgIpc) is 3.35. The van der Waals surface area contributed by atoms with Crippen molar-refractivity contribution in [3.8, 4) is 5.75 Å². The number of benzene rings is 1. The van der Waals surface area contributed by atoms with Gasteiger partial charge >= 0.3 is 5.56 Å². The molecule has 152 valence electrons. The number of ketones is 1. The minimum absolute atomic E-state index is 0.0974. The van der Waals surface area contributed by atoms with E-state index >= 15 is 0 Å². The molecule has 0 unspecified atom stereocenters. The van der Waals surface area contributed by atoms with Gasteiger partial charge in [0, 0.05) is 24.0 Å². The second kappa shape index (κ2) is 8.44. The number of carbonyl (C=O) groups is 1. The number of carbonyl (C=O) groups excluding carboxylic acids is 1. The number of hydrogen-bond acceptors (Lipinski definition) is 6. The number of rotatable bonds is 6. The molecule has 1 aliphatic heterocycles. The van der Waals surface area contributed by atoms with E-state index < -0.39 is 11.3 Å². The molecule has 0 bridgehead atoms. The fraction of sp³-hybridized carbons (Fsp3) is 0.350. The van der Waals surface area contributed by atoms with Crippen LogP contribution in [0.25, 0.3) is 4.96 Å². The highest BCUT2D eigenvalue weighted by molar-refractivity contribution is 7.17. The number of aryl methyl sites for hydroxylation is 1. The minimum Gasteiger partial charge on any atom is -0.501 e. The van der Waals surface area contributed by atoms with Crippen LogP contribution in [0.5, 0.6) is 5.75 Å². The Kier molecular flexibility index (Phi) is 5.92. The number of halogens is 2. The normalized spacial score (nSPS) is 14.7. The summed E-state index contributed by atoms with van der Waals surface area (Å²) in [5.74, 6) is -0.991. The van der Waals surface area contributed by atoms with Crippen molar-refractivity contribution < 1.29 is 9.90 Å². The molecule has 0 atom stereocenters. The summed E-state index contributed by atoms with van der Waals surface area (Å²) < 4.78 is 1.32. The lowest BCUT2D eigenvalue weighted by atomic mass is 10.1. The van der Waals surface area contributed by atoms with E-state index in [0.29, 0.717) is 21.4 Å². The first kappa shape index (κ1) is 20.3. The van der Waals surface area contributed by atoms with Crippen molar-refractivity contribution in [2.75, 3.05) is 13.1 Å². The van der Waals surface area contributed by atoms with Crippen LogP contribution >= 0.6 is 34.5 Å². The third-order valence-electron chi connectivity index (χ3n) is 5.02. The van der Waals surface area contributed by atoms with E-state index in [4.69, 9.17) is 23.2 Å². The number of likely N-dealkylation sites (tertiary alicyclic amines) is 1. The van der Waals surface area contributed by atoms with E-state index in [-0.39, 0.29) is 17.9 Å². The lowest BCUT2D eigenvalue weighted by molar-refractivity contribution is 0.0975. The van der Waals surface area contributed by atoms with Crippen molar-refractivity contribution >= 4 is 45.3 Å². The van der Waals surface area contributed by atoms with Gasteiger partial charge < -0.3 is 5.11 Å². The van der Waals surface area contributed by atoms with Gasteiger partial charge in [-0.1, -0.05) is 40.6 Å². The van der Waals surface area contributed by atoms with Gasteiger partial charge in [-0.3, -0.25) is 18.9 Å². The molecule has 1 N–H and O–H groups in total. The van der Waals surface area contributed by atoms with Crippen molar-refractivity contribution in [1.82, 2.24) is 14.3 Å². The number of aromatic hydroxyl groups is 1. The fourth-order valence-corrected chi connectivity index (χ4v) is 4.81. The summed E-state index contributed by atoms with van der Waals surface area (Å²) in [6.07, 6.45) is 4.57. The van der Waals surface area contributed by atoms with Gasteiger partial charge in [0.2, 0.25) is 5.75 Å². The standard InChI is InChI=1S/C20H19Cl2N3O3S/c21-14-5-3-12(9-15(14)22)4-6-16(26)17-18(27)19(28)25-11-13(29-20(25)23-17)10-24-7-1-2-8-24/h3,5,9,11,27H,1-2,4,6-8,10H2. The first-order valence-corrected chi connectivity index (χ1v) is 10.9. The van der Waals surface area contributed by atoms with Crippen LogP contribution in [0, 0.1) is 0 Å². The highest BCUT2D eigenvalue weighted by Gasteiger charge is 2.21. The van der Waals surface area contributed by atoms with Crippen LogP contribution in [0.15, 0.2) is 29.2 Å². The Morgan fingerprint density at radius 2 is 1.97 bits per heavy atom. The van der Waals surface area contributed by atoms with Crippen molar-refractivity contribution in [3.63, 3.8) is 0 Å². The number of hydrogen-bond donors (Lipinski definition) is 1. The number of nitrogens with zero attached hydrogens (tertiary/aromatic N) is 3. The maximum Gasteiger partial charge on any atom is 0.301 e. The molecule has 1 fully saturated rings. The number of aromatic nitrogens is 2. The minimum atomic E-state index is -0.614. The molecule has 0 radical (unpaired) electrons. The van der Waals surface area contributed by atoms with Crippen LogP contribution in [0.3, 0.4) is 0 Å². The SMILES string of the molecule is O=C(CCc1ccc(Cl)c(Cl)c1)c1nc2sc(CN3CCCC3)cn2c(=O)c1O. The summed E-state index contributed by atoms with van der Waals surface area (Å²) in [5.41, 5.74) is 0.0514. The largest absolute Gasteiger partial charge is 0.501 e. The quantitative estimate of drug-likeness (QED) is 0.568. The molecule has 3 aromatic rings. The van der Waals surface area contributed by atoms with Crippen LogP contribution in [0.2, 0.25) is 10.0 Å². The molecule has 6 nitrogen and oxygen atoms in total. The van der Waals surface area contributed by atoms with Gasteiger partial charge in [-0.25, -0.2) is 4.98 Å². The second-order valence-corrected chi connectivity index (χ2v) is 9.03. The van der Waals surface area contributed by atoms with Gasteiger partial charge in [-0.15, -0.1) is 0 Å². The molecule has 1 aromatic carbocycles. The Morgan fingerprint density at radius 3 is 2.69 bits per heavy atom. The van der Waals surface area contributed by atoms with E-state index in [9.17, 15) is 14.7 Å². The second-order valence-electron chi connectivity index (χ2n) is 7.12. The van der Waals surface area contributed by atoms with Gasteiger partial charge in [0.05, 0.1) is 10.0 Å². The summed E-state index contributed by atoms with van der Waals surface area (Å²) in [6, 6.07) is 5.16. The van der Waals surface area contributed by atoms with E-state index in [1.165, 1.54) is 28.6 Å². The molecule has 4 rings (SSSR count). The maximum atomic E-state index is 12.6. The fourth-order valence-electron chi connectivity index (χ4n) is 3.48. The predicted octanol–water partition coefficient (Wildman–Crippen LogP) is 4.18. The third-order valence-corrected chi connectivity index (χ3v) is 6.73. The molecule has 0 spiro atoms.